The van der Waals surface area contributed by atoms with Crippen LogP contribution in [0.5, 0.6) is 0 Å². The molecule has 0 aromatic carbocycles. The number of nitrogens with one attached hydrogen (secondary N) is 1. The first-order valence-corrected chi connectivity index (χ1v) is 5.42. The summed E-state index contributed by atoms with van der Waals surface area (Å²) in [5.41, 5.74) is 0. The molecule has 0 aliphatic heterocycles. The molecule has 72 valence electrons. The Kier molecular flexibility index (Phi) is 2.63. The molecule has 1 rings (SSSR count). The van der Waals surface area contributed by atoms with Crippen LogP contribution >= 0.6 is 11.6 Å². The highest BCUT2D eigenvalue weighted by atomic mass is 35.5. The number of sulfonamides is 1. The van der Waals surface area contributed by atoms with Crippen LogP contribution in [0.15, 0.2) is 16.7 Å². The number of halogens is 1. The van der Waals surface area contributed by atoms with Crippen molar-refractivity contribution in [1.82, 2.24) is 4.72 Å². The van der Waals surface area contributed by atoms with Crippen molar-refractivity contribution in [1.29, 1.82) is 0 Å². The minimum Gasteiger partial charge on any atom is -0.458 e. The Morgan fingerprint density at radius 3 is 2.62 bits per heavy atom. The van der Waals surface area contributed by atoms with E-state index in [4.69, 9.17) is 11.6 Å². The largest absolute Gasteiger partial charge is 0.458 e. The van der Waals surface area contributed by atoms with E-state index in [2.05, 4.69) is 4.42 Å². The van der Waals surface area contributed by atoms with Crippen LogP contribution < -0.4 is 4.72 Å². The highest BCUT2D eigenvalue weighted by molar-refractivity contribution is 7.89. The molecule has 1 aromatic rings. The average Bonchev–Trinajstić information content (AvgIpc) is 2.30. The summed E-state index contributed by atoms with van der Waals surface area (Å²) >= 11 is 5.51. The predicted molar refractivity (Wildman–Crippen MR) is 46.0 cm³/mol. The molecule has 0 atom stereocenters. The zero-order chi connectivity index (χ0) is 10.1. The van der Waals surface area contributed by atoms with Crippen molar-refractivity contribution in [2.24, 2.45) is 0 Å². The molecule has 13 heavy (non-hydrogen) atoms. The number of carbonyl (C=O) groups excluding carboxylic acids is 1. The summed E-state index contributed by atoms with van der Waals surface area (Å²) < 4.78 is 27.6. The molecule has 0 saturated carbocycles. The second-order valence-electron chi connectivity index (χ2n) is 2.30. The third-order valence-electron chi connectivity index (χ3n) is 1.10. The van der Waals surface area contributed by atoms with Gasteiger partial charge in [-0.2, -0.15) is 0 Å². The maximum Gasteiger partial charge on any atom is 0.301 e. The van der Waals surface area contributed by atoms with Crippen molar-refractivity contribution in [3.8, 4) is 0 Å². The van der Waals surface area contributed by atoms with E-state index in [-0.39, 0.29) is 10.8 Å². The lowest BCUT2D eigenvalue weighted by atomic mass is 10.4. The van der Waals surface area contributed by atoms with E-state index in [9.17, 15) is 13.2 Å². The Labute approximate surface area is 79.7 Å². The Bertz CT molecular complexity index is 422. The predicted octanol–water partition coefficient (Wildman–Crippen LogP) is 0.622. The van der Waals surface area contributed by atoms with Gasteiger partial charge in [0.25, 0.3) is 0 Å². The van der Waals surface area contributed by atoms with Gasteiger partial charge in [0.05, 0.1) is 17.5 Å². The highest BCUT2D eigenvalue weighted by Gasteiger charge is 2.17. The molecule has 0 bridgehead atoms. The smallest absolute Gasteiger partial charge is 0.301 e. The number of rotatable bonds is 2. The molecule has 7 heteroatoms. The summed E-state index contributed by atoms with van der Waals surface area (Å²) in [4.78, 5) is 11.1. The van der Waals surface area contributed by atoms with Crippen molar-refractivity contribution < 1.29 is 17.6 Å². The van der Waals surface area contributed by atoms with Crippen molar-refractivity contribution in [3.63, 3.8) is 0 Å². The first kappa shape index (κ1) is 10.1. The van der Waals surface area contributed by atoms with Crippen molar-refractivity contribution in [2.45, 2.75) is 0 Å². The van der Waals surface area contributed by atoms with Crippen LogP contribution in [-0.4, -0.2) is 20.6 Å². The van der Waals surface area contributed by atoms with Gasteiger partial charge in [-0.15, -0.1) is 0 Å². The van der Waals surface area contributed by atoms with E-state index >= 15 is 0 Å². The van der Waals surface area contributed by atoms with E-state index in [0.29, 0.717) is 0 Å². The average molecular weight is 224 g/mol. The van der Waals surface area contributed by atoms with E-state index in [1.165, 1.54) is 12.3 Å². The number of hydrogen-bond donors (Lipinski definition) is 1. The molecule has 1 aromatic heterocycles. The third kappa shape index (κ3) is 2.74. The second kappa shape index (κ2) is 3.39. The molecular formula is C6H6ClNO4S. The van der Waals surface area contributed by atoms with Crippen LogP contribution in [-0.2, 0) is 10.0 Å². The fourth-order valence-corrected chi connectivity index (χ4v) is 1.28. The maximum absolute atomic E-state index is 11.1. The Morgan fingerprint density at radius 1 is 1.62 bits per heavy atom. The number of hydrogen-bond acceptors (Lipinski definition) is 4. The first-order chi connectivity index (χ1) is 5.90. The fourth-order valence-electron chi connectivity index (χ4n) is 0.670. The number of carbonyl (C=O) groups is 1. The van der Waals surface area contributed by atoms with Crippen LogP contribution in [0, 0.1) is 0 Å². The lowest BCUT2D eigenvalue weighted by Crippen LogP contribution is -2.29. The number of amides is 1. The Balaban J connectivity index is 2.88. The normalized spacial score (nSPS) is 11.2. The van der Waals surface area contributed by atoms with Crippen LogP contribution in [0.4, 0.5) is 0 Å². The minimum atomic E-state index is -3.58. The van der Waals surface area contributed by atoms with Gasteiger partial charge in [-0.05, 0) is 6.07 Å². The van der Waals surface area contributed by atoms with Gasteiger partial charge in [-0.1, -0.05) is 11.6 Å². The fraction of sp³-hybridized carbons (Fsp3) is 0.167. The molecule has 1 heterocycles. The topological polar surface area (TPSA) is 76.4 Å². The van der Waals surface area contributed by atoms with E-state index < -0.39 is 15.9 Å². The van der Waals surface area contributed by atoms with Crippen molar-refractivity contribution >= 4 is 27.5 Å². The summed E-state index contributed by atoms with van der Waals surface area (Å²) in [7, 11) is -3.58. The quantitative estimate of drug-likeness (QED) is 0.798. The zero-order valence-corrected chi connectivity index (χ0v) is 8.15. The van der Waals surface area contributed by atoms with Gasteiger partial charge in [0, 0.05) is 0 Å². The van der Waals surface area contributed by atoms with Gasteiger partial charge in [-0.3, -0.25) is 4.79 Å². The second-order valence-corrected chi connectivity index (χ2v) is 4.46. The van der Waals surface area contributed by atoms with E-state index in [0.717, 1.165) is 6.26 Å². The Hall–Kier alpha value is -1.01. The van der Waals surface area contributed by atoms with Crippen molar-refractivity contribution in [3.05, 3.63) is 23.1 Å². The molecule has 5 nitrogen and oxygen atoms in total. The maximum atomic E-state index is 11.1. The van der Waals surface area contributed by atoms with Gasteiger partial charge >= 0.3 is 5.91 Å². The van der Waals surface area contributed by atoms with E-state index in [1.807, 2.05) is 0 Å². The van der Waals surface area contributed by atoms with Crippen LogP contribution in [0.2, 0.25) is 5.02 Å². The van der Waals surface area contributed by atoms with Crippen LogP contribution in [0.3, 0.4) is 0 Å². The van der Waals surface area contributed by atoms with Gasteiger partial charge < -0.3 is 4.42 Å². The lowest BCUT2D eigenvalue weighted by Gasteiger charge is -1.98. The van der Waals surface area contributed by atoms with Gasteiger partial charge in [0.15, 0.2) is 0 Å². The molecule has 0 fully saturated rings. The first-order valence-electron chi connectivity index (χ1n) is 3.15. The van der Waals surface area contributed by atoms with Crippen LogP contribution in [0.1, 0.15) is 10.6 Å². The molecule has 1 amide bonds. The number of furan rings is 1. The standard InChI is InChI=1S/C6H6ClNO4S/c1-13(10,11)8-6(9)5-4(7)2-3-12-5/h2-3H,1H3,(H,8,9). The Morgan fingerprint density at radius 2 is 2.23 bits per heavy atom. The summed E-state index contributed by atoms with van der Waals surface area (Å²) in [5.74, 6) is -1.09. The molecule has 0 spiro atoms. The van der Waals surface area contributed by atoms with E-state index in [1.54, 1.807) is 4.72 Å². The third-order valence-corrected chi connectivity index (χ3v) is 1.96. The summed E-state index contributed by atoms with van der Waals surface area (Å²) in [6.45, 7) is 0. The summed E-state index contributed by atoms with van der Waals surface area (Å²) in [5, 5.41) is 0.0705. The molecule has 0 saturated heterocycles. The molecule has 1 N–H and O–H groups in total. The summed E-state index contributed by atoms with van der Waals surface area (Å²) in [6, 6.07) is 1.35. The van der Waals surface area contributed by atoms with Gasteiger partial charge in [0.2, 0.25) is 15.8 Å². The zero-order valence-electron chi connectivity index (χ0n) is 6.57. The highest BCUT2D eigenvalue weighted by Crippen LogP contribution is 2.16. The van der Waals surface area contributed by atoms with Gasteiger partial charge in [0.1, 0.15) is 0 Å². The molecular weight excluding hydrogens is 218 g/mol. The molecule has 0 aliphatic rings. The summed E-state index contributed by atoms with van der Waals surface area (Å²) in [6.07, 6.45) is 2.06. The minimum absolute atomic E-state index is 0.0705. The molecule has 0 unspecified atom stereocenters. The van der Waals surface area contributed by atoms with Gasteiger partial charge in [-0.25, -0.2) is 13.1 Å². The van der Waals surface area contributed by atoms with Crippen molar-refractivity contribution in [2.75, 3.05) is 6.26 Å². The SMILES string of the molecule is CS(=O)(=O)NC(=O)c1occc1Cl. The molecule has 0 radical (unpaired) electrons. The van der Waals surface area contributed by atoms with Crippen LogP contribution in [0.25, 0.3) is 0 Å². The monoisotopic (exact) mass is 223 g/mol. The lowest BCUT2D eigenvalue weighted by molar-refractivity contribution is 0.0955. The molecule has 0 aliphatic carbocycles.